The van der Waals surface area contributed by atoms with Crippen LogP contribution in [0.1, 0.15) is 34.9 Å². The molecule has 1 amide bonds. The van der Waals surface area contributed by atoms with E-state index in [1.165, 1.54) is 0 Å². The number of morpholine rings is 1. The lowest BCUT2D eigenvalue weighted by Gasteiger charge is -2.28. The van der Waals surface area contributed by atoms with Crippen LogP contribution in [0.4, 0.5) is 5.82 Å². The van der Waals surface area contributed by atoms with E-state index in [4.69, 9.17) is 4.74 Å². The highest BCUT2D eigenvalue weighted by atomic mass is 16.5. The Kier molecular flexibility index (Phi) is 4.61. The van der Waals surface area contributed by atoms with E-state index in [2.05, 4.69) is 14.9 Å². The molecule has 25 heavy (non-hydrogen) atoms. The molecule has 0 saturated carbocycles. The van der Waals surface area contributed by atoms with Gasteiger partial charge in [-0.15, -0.1) is 0 Å². The summed E-state index contributed by atoms with van der Waals surface area (Å²) in [5.74, 6) is 0.941. The van der Waals surface area contributed by atoms with Gasteiger partial charge in [-0.25, -0.2) is 4.98 Å². The molecule has 6 heteroatoms. The standard InChI is InChI=1S/C19H22N4O2/c24-19(23-9-3-5-17(23)16-4-1-2-8-20-16)15-6-7-18(21-14-15)22-10-12-25-13-11-22/h1-2,4,6-8,14,17H,3,5,9-13H2/t17-/m1/s1. The SMILES string of the molecule is O=C(c1ccc(N2CCOCC2)nc1)N1CCC[C@@H]1c1ccccn1. The molecule has 2 saturated heterocycles. The number of carbonyl (C=O) groups is 1. The second-order valence-corrected chi connectivity index (χ2v) is 6.42. The van der Waals surface area contributed by atoms with Gasteiger partial charge in [0.25, 0.3) is 5.91 Å². The number of ether oxygens (including phenoxy) is 1. The van der Waals surface area contributed by atoms with Crippen LogP contribution < -0.4 is 4.90 Å². The summed E-state index contributed by atoms with van der Waals surface area (Å²) >= 11 is 0. The molecule has 2 aromatic heterocycles. The number of amides is 1. The van der Waals surface area contributed by atoms with Gasteiger partial charge in [-0.3, -0.25) is 9.78 Å². The summed E-state index contributed by atoms with van der Waals surface area (Å²) in [5, 5.41) is 0. The zero-order valence-corrected chi connectivity index (χ0v) is 14.2. The van der Waals surface area contributed by atoms with E-state index in [-0.39, 0.29) is 11.9 Å². The Morgan fingerprint density at radius 3 is 2.68 bits per heavy atom. The summed E-state index contributed by atoms with van der Waals surface area (Å²) in [7, 11) is 0. The van der Waals surface area contributed by atoms with Crippen molar-refractivity contribution in [3.8, 4) is 0 Å². The Bertz CT molecular complexity index is 714. The van der Waals surface area contributed by atoms with Gasteiger partial charge in [0.1, 0.15) is 5.82 Å². The van der Waals surface area contributed by atoms with Crippen LogP contribution in [0, 0.1) is 0 Å². The van der Waals surface area contributed by atoms with Gasteiger partial charge in [0.15, 0.2) is 0 Å². The fourth-order valence-corrected chi connectivity index (χ4v) is 3.55. The van der Waals surface area contributed by atoms with Crippen molar-refractivity contribution in [3.05, 3.63) is 54.0 Å². The van der Waals surface area contributed by atoms with Gasteiger partial charge in [-0.05, 0) is 37.1 Å². The van der Waals surface area contributed by atoms with Crippen molar-refractivity contribution in [1.82, 2.24) is 14.9 Å². The molecule has 0 bridgehead atoms. The molecule has 0 unspecified atom stereocenters. The number of carbonyl (C=O) groups excluding carboxylic acids is 1. The second kappa shape index (κ2) is 7.19. The Labute approximate surface area is 147 Å². The largest absolute Gasteiger partial charge is 0.378 e. The van der Waals surface area contributed by atoms with Crippen molar-refractivity contribution in [3.63, 3.8) is 0 Å². The summed E-state index contributed by atoms with van der Waals surface area (Å²) < 4.78 is 5.37. The van der Waals surface area contributed by atoms with Crippen molar-refractivity contribution in [2.75, 3.05) is 37.7 Å². The van der Waals surface area contributed by atoms with Crippen LogP contribution in [-0.2, 0) is 4.74 Å². The third-order valence-electron chi connectivity index (χ3n) is 4.87. The lowest BCUT2D eigenvalue weighted by molar-refractivity contribution is 0.0732. The average Bonchev–Trinajstić information content (AvgIpc) is 3.19. The van der Waals surface area contributed by atoms with Crippen molar-refractivity contribution in [2.45, 2.75) is 18.9 Å². The quantitative estimate of drug-likeness (QED) is 0.859. The number of pyridine rings is 2. The number of aromatic nitrogens is 2. The maximum atomic E-state index is 12.9. The fraction of sp³-hybridized carbons (Fsp3) is 0.421. The Hall–Kier alpha value is -2.47. The number of hydrogen-bond acceptors (Lipinski definition) is 5. The third-order valence-corrected chi connectivity index (χ3v) is 4.87. The van der Waals surface area contributed by atoms with E-state index in [1.807, 2.05) is 35.2 Å². The maximum absolute atomic E-state index is 12.9. The minimum absolute atomic E-state index is 0.0363. The highest BCUT2D eigenvalue weighted by molar-refractivity contribution is 5.94. The zero-order chi connectivity index (χ0) is 17.1. The minimum Gasteiger partial charge on any atom is -0.378 e. The highest BCUT2D eigenvalue weighted by Gasteiger charge is 2.31. The van der Waals surface area contributed by atoms with Crippen LogP contribution in [0.5, 0.6) is 0 Å². The molecule has 2 fully saturated rings. The molecule has 0 N–H and O–H groups in total. The van der Waals surface area contributed by atoms with E-state index >= 15 is 0 Å². The number of nitrogens with zero attached hydrogens (tertiary/aromatic N) is 4. The number of hydrogen-bond donors (Lipinski definition) is 0. The summed E-state index contributed by atoms with van der Waals surface area (Å²) in [6, 6.07) is 9.75. The molecule has 4 rings (SSSR count). The number of rotatable bonds is 3. The predicted molar refractivity (Wildman–Crippen MR) is 94.5 cm³/mol. The average molecular weight is 338 g/mol. The van der Waals surface area contributed by atoms with Gasteiger partial charge in [0, 0.05) is 32.0 Å². The van der Waals surface area contributed by atoms with E-state index in [0.717, 1.165) is 57.2 Å². The van der Waals surface area contributed by atoms with Crippen molar-refractivity contribution in [2.24, 2.45) is 0 Å². The minimum atomic E-state index is 0.0363. The molecule has 130 valence electrons. The molecule has 6 nitrogen and oxygen atoms in total. The molecule has 4 heterocycles. The smallest absolute Gasteiger partial charge is 0.255 e. The van der Waals surface area contributed by atoms with E-state index < -0.39 is 0 Å². The Morgan fingerprint density at radius 2 is 1.96 bits per heavy atom. The second-order valence-electron chi connectivity index (χ2n) is 6.42. The molecule has 0 aromatic carbocycles. The third kappa shape index (κ3) is 3.35. The Morgan fingerprint density at radius 1 is 1.08 bits per heavy atom. The molecule has 2 aliphatic rings. The van der Waals surface area contributed by atoms with Gasteiger partial charge in [-0.2, -0.15) is 0 Å². The summed E-state index contributed by atoms with van der Waals surface area (Å²) in [6.07, 6.45) is 5.45. The fourth-order valence-electron chi connectivity index (χ4n) is 3.55. The first-order valence-corrected chi connectivity index (χ1v) is 8.83. The van der Waals surface area contributed by atoms with Gasteiger partial charge in [0.2, 0.25) is 0 Å². The van der Waals surface area contributed by atoms with Crippen molar-refractivity contribution < 1.29 is 9.53 Å². The normalized spacial score (nSPS) is 20.7. The van der Waals surface area contributed by atoms with Crippen LogP contribution in [0.3, 0.4) is 0 Å². The van der Waals surface area contributed by atoms with Gasteiger partial charge in [0.05, 0.1) is 30.5 Å². The lowest BCUT2D eigenvalue weighted by Crippen LogP contribution is -2.36. The molecule has 1 atom stereocenters. The predicted octanol–water partition coefficient (Wildman–Crippen LogP) is 2.29. The lowest BCUT2D eigenvalue weighted by atomic mass is 10.1. The van der Waals surface area contributed by atoms with E-state index in [1.54, 1.807) is 12.4 Å². The summed E-state index contributed by atoms with van der Waals surface area (Å²) in [4.78, 5) is 26.0. The van der Waals surface area contributed by atoms with Crippen molar-refractivity contribution >= 4 is 11.7 Å². The maximum Gasteiger partial charge on any atom is 0.255 e. The van der Waals surface area contributed by atoms with Crippen LogP contribution in [-0.4, -0.2) is 53.6 Å². The first-order chi connectivity index (χ1) is 12.3. The van der Waals surface area contributed by atoms with Crippen LogP contribution >= 0.6 is 0 Å². The molecular formula is C19H22N4O2. The first kappa shape index (κ1) is 16.0. The van der Waals surface area contributed by atoms with Crippen LogP contribution in [0.2, 0.25) is 0 Å². The topological polar surface area (TPSA) is 58.6 Å². The molecule has 0 spiro atoms. The van der Waals surface area contributed by atoms with Gasteiger partial charge in [-0.1, -0.05) is 6.07 Å². The van der Waals surface area contributed by atoms with Gasteiger partial charge < -0.3 is 14.5 Å². The van der Waals surface area contributed by atoms with Gasteiger partial charge >= 0.3 is 0 Å². The summed E-state index contributed by atoms with van der Waals surface area (Å²) in [5.41, 5.74) is 1.60. The molecule has 0 aliphatic carbocycles. The number of anilines is 1. The molecule has 2 aliphatic heterocycles. The monoisotopic (exact) mass is 338 g/mol. The van der Waals surface area contributed by atoms with Crippen LogP contribution in [0.25, 0.3) is 0 Å². The van der Waals surface area contributed by atoms with E-state index in [9.17, 15) is 4.79 Å². The molecular weight excluding hydrogens is 316 g/mol. The van der Waals surface area contributed by atoms with Crippen LogP contribution in [0.15, 0.2) is 42.7 Å². The molecule has 2 aromatic rings. The molecule has 0 radical (unpaired) electrons. The Balaban J connectivity index is 1.50. The summed E-state index contributed by atoms with van der Waals surface area (Å²) in [6.45, 7) is 3.90. The first-order valence-electron chi connectivity index (χ1n) is 8.83. The highest BCUT2D eigenvalue weighted by Crippen LogP contribution is 2.32. The number of likely N-dealkylation sites (tertiary alicyclic amines) is 1. The zero-order valence-electron chi connectivity index (χ0n) is 14.2. The van der Waals surface area contributed by atoms with E-state index in [0.29, 0.717) is 5.56 Å². The van der Waals surface area contributed by atoms with Crippen molar-refractivity contribution in [1.29, 1.82) is 0 Å².